The Morgan fingerprint density at radius 2 is 0.773 bits per heavy atom. The van der Waals surface area contributed by atoms with Crippen LogP contribution in [0.15, 0.2) is 205 Å². The zero-order chi connectivity index (χ0) is 59.7. The maximum Gasteiger partial charge on any atom is 0.203 e. The molecule has 7 nitrogen and oxygen atoms in total. The van der Waals surface area contributed by atoms with E-state index in [0.29, 0.717) is 0 Å². The Morgan fingerprint density at radius 3 is 1.24 bits per heavy atom. The summed E-state index contributed by atoms with van der Waals surface area (Å²) in [4.78, 5) is 19.0. The van der Waals surface area contributed by atoms with Crippen molar-refractivity contribution in [1.82, 2.24) is 29.1 Å². The molecule has 0 aliphatic rings. The number of para-hydroxylation sites is 7. The summed E-state index contributed by atoms with van der Waals surface area (Å²) in [7, 11) is 2.09. The maximum atomic E-state index is 5.93. The Morgan fingerprint density at radius 1 is 0.375 bits per heavy atom. The molecule has 0 fully saturated rings. The van der Waals surface area contributed by atoms with Crippen molar-refractivity contribution in [3.63, 3.8) is 0 Å². The molecule has 0 saturated heterocycles. The van der Waals surface area contributed by atoms with Gasteiger partial charge in [0.1, 0.15) is 17.2 Å². The van der Waals surface area contributed by atoms with Crippen LogP contribution in [0.2, 0.25) is 0 Å². The third-order valence-electron chi connectivity index (χ3n) is 16.3. The number of aromatic nitrogens is 6. The van der Waals surface area contributed by atoms with Gasteiger partial charge >= 0.3 is 0 Å². The number of hydrogen-bond donors (Lipinski definition) is 0. The van der Waals surface area contributed by atoms with Crippen LogP contribution in [0.3, 0.4) is 0 Å². The van der Waals surface area contributed by atoms with Crippen LogP contribution in [-0.4, -0.2) is 29.1 Å². The molecule has 0 saturated carbocycles. The Balaban J connectivity index is 0.000000213. The van der Waals surface area contributed by atoms with Gasteiger partial charge < -0.3 is 8.98 Å². The quantitative estimate of drug-likeness (QED) is 0.108. The van der Waals surface area contributed by atoms with Crippen LogP contribution in [0.25, 0.3) is 38.9 Å². The van der Waals surface area contributed by atoms with Crippen LogP contribution >= 0.6 is 0 Å². The van der Waals surface area contributed by atoms with E-state index >= 15 is 0 Å². The minimum atomic E-state index is -0.287. The molecule has 88 heavy (non-hydrogen) atoms. The number of rotatable bonds is 13. The monoisotopic (exact) mass is 1880 g/mol. The maximum absolute atomic E-state index is 5.93. The van der Waals surface area contributed by atoms with Crippen molar-refractivity contribution >= 4 is 33.2 Å². The summed E-state index contributed by atoms with van der Waals surface area (Å²) < 4.78 is 10.4. The van der Waals surface area contributed by atoms with Crippen molar-refractivity contribution in [1.29, 1.82) is 0 Å². The number of aryl methyl sites for hydroxylation is 5. The topological polar surface area (TPSA) is 74.6 Å². The Kier molecular flexibility index (Phi) is 26.5. The van der Waals surface area contributed by atoms with E-state index < -0.39 is 0 Å². The minimum absolute atomic E-state index is 0. The molecule has 4 aromatic heterocycles. The molecule has 12 rings (SSSR count). The van der Waals surface area contributed by atoms with Crippen molar-refractivity contribution in [2.75, 3.05) is 0 Å². The Hall–Kier alpha value is -6.08. The molecule has 12 aromatic rings. The van der Waals surface area contributed by atoms with Crippen molar-refractivity contribution in [2.45, 2.75) is 130 Å². The number of nitrogens with zero attached hydrogens (tertiary/aromatic N) is 6. The van der Waals surface area contributed by atoms with Crippen molar-refractivity contribution in [2.24, 2.45) is 7.05 Å². The van der Waals surface area contributed by atoms with E-state index in [2.05, 4.69) is 273 Å². The molecule has 0 unspecified atom stereocenters. The van der Waals surface area contributed by atoms with Gasteiger partial charge in [-0.3, -0.25) is 9.55 Å². The summed E-state index contributed by atoms with van der Waals surface area (Å²) in [5.74, 6) is 2.85. The zero-order valence-electron chi connectivity index (χ0n) is 52.8. The molecule has 0 aliphatic carbocycles. The SMILES string of the molecule is CCc1[c-]c(C(C)(C)c2ccccn2)ccc1.CCc1[c-]c(C(C)(C)c2nc3ccccc3n2-c2ccccc2)ccc1.CCc1[c-]c(C(C)(C)c2nc3ccccc3n2C)ccc1.CCc1[c-]c(C(C)(C)c2nc3ccccc3o2)ccc1.[Ir].[Ir].[Ir].[Ir]. The molecule has 0 atom stereocenters. The van der Waals surface area contributed by atoms with Crippen molar-refractivity contribution < 1.29 is 84.8 Å². The summed E-state index contributed by atoms with van der Waals surface area (Å²) in [5.41, 5.74) is 17.2. The van der Waals surface area contributed by atoms with Crippen LogP contribution in [0.5, 0.6) is 0 Å². The fraction of sp³-hybridized carbons (Fsp3) is 0.273. The average Bonchev–Trinajstić information content (AvgIpc) is 1.65. The molecule has 0 spiro atoms. The van der Waals surface area contributed by atoms with Crippen LogP contribution in [0.4, 0.5) is 0 Å². The fourth-order valence-electron chi connectivity index (χ4n) is 10.7. The molecule has 0 aliphatic heterocycles. The van der Waals surface area contributed by atoms with E-state index in [1.165, 1.54) is 44.5 Å². The number of hydrogen-bond acceptors (Lipinski definition) is 5. The van der Waals surface area contributed by atoms with E-state index in [9.17, 15) is 0 Å². The van der Waals surface area contributed by atoms with Gasteiger partial charge in [-0.2, -0.15) is 125 Å². The van der Waals surface area contributed by atoms with E-state index in [4.69, 9.17) is 14.4 Å². The standard InChI is InChI=1S/C24H23N2.C19H21N2.C18H18NO.C16H18N.4Ir/c1-4-18-11-10-12-19(17-18)24(2,3)23-25-21-15-8-9-16-22(21)26(23)20-13-6-5-7-14-20;1-5-14-9-8-10-15(13-14)19(2,3)18-20-16-11-6-7-12-17(16)21(18)4;1-4-13-8-7-9-14(12-13)18(2,3)17-19-15-10-5-6-11-16(15)20-17;1-4-13-8-7-9-14(12-13)16(2,3)15-10-5-6-11-17-15;;;;/h5-16H,4H2,1-3H3;6-12H,5H2,1-4H3;5-11H,4H2,1-3H3;5-11H,4H2,1-3H3;;;;/q4*-1;;;;. The van der Waals surface area contributed by atoms with Gasteiger partial charge in [0.2, 0.25) is 5.89 Å². The number of fused-ring (bicyclic) bond motifs is 3. The molecule has 4 radical (unpaired) electrons. The van der Waals surface area contributed by atoms with Gasteiger partial charge in [-0.1, -0.05) is 156 Å². The summed E-state index contributed by atoms with van der Waals surface area (Å²) in [6.45, 7) is 26.2. The van der Waals surface area contributed by atoms with Crippen LogP contribution in [0.1, 0.15) is 151 Å². The molecule has 11 heteroatoms. The zero-order valence-corrected chi connectivity index (χ0v) is 62.4. The first-order valence-corrected chi connectivity index (χ1v) is 29.7. The average molecular weight is 1870 g/mol. The molecule has 0 N–H and O–H groups in total. The number of benzene rings is 8. The normalized spacial score (nSPS) is 11.3. The summed E-state index contributed by atoms with van der Waals surface area (Å²) in [6.07, 6.45) is 5.84. The number of imidazole rings is 2. The van der Waals surface area contributed by atoms with E-state index in [0.717, 1.165) is 87.8 Å². The summed E-state index contributed by atoms with van der Waals surface area (Å²) in [6, 6.07) is 80.6. The van der Waals surface area contributed by atoms with Gasteiger partial charge in [-0.15, -0.1) is 16.7 Å². The summed E-state index contributed by atoms with van der Waals surface area (Å²) in [5, 5.41) is 0. The van der Waals surface area contributed by atoms with Gasteiger partial charge in [-0.25, -0.2) is 15.0 Å². The van der Waals surface area contributed by atoms with E-state index in [1.807, 2.05) is 60.8 Å². The van der Waals surface area contributed by atoms with Gasteiger partial charge in [0, 0.05) is 127 Å². The molecular weight excluding hydrogens is 1790 g/mol. The second-order valence-electron chi connectivity index (χ2n) is 23.6. The van der Waals surface area contributed by atoms with Gasteiger partial charge in [0.05, 0.1) is 22.1 Å². The van der Waals surface area contributed by atoms with Crippen LogP contribution in [0, 0.1) is 24.3 Å². The van der Waals surface area contributed by atoms with Gasteiger partial charge in [0.25, 0.3) is 0 Å². The minimum Gasteiger partial charge on any atom is -0.440 e. The summed E-state index contributed by atoms with van der Waals surface area (Å²) >= 11 is 0. The first kappa shape index (κ1) is 72.7. The van der Waals surface area contributed by atoms with E-state index in [-0.39, 0.29) is 102 Å². The molecule has 0 bridgehead atoms. The smallest absolute Gasteiger partial charge is 0.203 e. The first-order chi connectivity index (χ1) is 40.4. The number of oxazole rings is 1. The Labute approximate surface area is 577 Å². The van der Waals surface area contributed by atoms with Crippen LogP contribution < -0.4 is 0 Å². The predicted molar refractivity (Wildman–Crippen MR) is 347 cm³/mol. The van der Waals surface area contributed by atoms with Gasteiger partial charge in [-0.05, 0) is 74.5 Å². The largest absolute Gasteiger partial charge is 0.440 e. The molecule has 464 valence electrons. The second-order valence-corrected chi connectivity index (χ2v) is 23.6. The van der Waals surface area contributed by atoms with Crippen molar-refractivity contribution in [3.05, 3.63) is 292 Å². The number of pyridine rings is 1. The first-order valence-electron chi connectivity index (χ1n) is 29.7. The molecule has 4 heterocycles. The fourth-order valence-corrected chi connectivity index (χ4v) is 10.7. The Bertz CT molecular complexity index is 4090. The molecule has 0 amide bonds. The molecular formula is C77H80Ir4N6O-4. The molecule has 8 aromatic carbocycles. The third-order valence-corrected chi connectivity index (χ3v) is 16.3. The van der Waals surface area contributed by atoms with Gasteiger partial charge in [0.15, 0.2) is 5.58 Å². The second kappa shape index (κ2) is 32.1. The third kappa shape index (κ3) is 16.3. The van der Waals surface area contributed by atoms with Crippen LogP contribution in [-0.2, 0) is 135 Å². The predicted octanol–water partition coefficient (Wildman–Crippen LogP) is 18.3. The van der Waals surface area contributed by atoms with E-state index in [1.54, 1.807) is 0 Å². The van der Waals surface area contributed by atoms with Crippen molar-refractivity contribution in [3.8, 4) is 5.69 Å².